The summed E-state index contributed by atoms with van der Waals surface area (Å²) < 4.78 is 5.97. The first-order valence-electron chi connectivity index (χ1n) is 7.23. The fourth-order valence-electron chi connectivity index (χ4n) is 1.92. The average Bonchev–Trinajstić information content (AvgIpc) is 2.58. The van der Waals surface area contributed by atoms with Crippen LogP contribution in [0.5, 0.6) is 0 Å². The number of hydrogen-bond acceptors (Lipinski definition) is 2. The average molecular weight is 283 g/mol. The number of hydrogen-bond donors (Lipinski definition) is 0. The molecule has 0 saturated carbocycles. The Morgan fingerprint density at radius 2 is 2.05 bits per heavy atom. The Balaban J connectivity index is 2.30. The highest BCUT2D eigenvalue weighted by molar-refractivity contribution is 6.74. The minimum Gasteiger partial charge on any atom is -0.549 e. The number of amides is 1. The lowest BCUT2D eigenvalue weighted by Crippen LogP contribution is -2.39. The summed E-state index contributed by atoms with van der Waals surface area (Å²) in [5.41, 5.74) is 0. The third-order valence-corrected chi connectivity index (χ3v) is 8.82. The molecule has 3 nitrogen and oxygen atoms in total. The first-order valence-corrected chi connectivity index (χ1v) is 10.1. The van der Waals surface area contributed by atoms with Gasteiger partial charge in [0.15, 0.2) is 0 Å². The molecular weight excluding hydrogens is 254 g/mol. The van der Waals surface area contributed by atoms with E-state index in [1.54, 1.807) is 0 Å². The van der Waals surface area contributed by atoms with Crippen LogP contribution < -0.4 is 0 Å². The fraction of sp³-hybridized carbons (Fsp3) is 0.800. The van der Waals surface area contributed by atoms with Gasteiger partial charge in [0, 0.05) is 19.5 Å². The van der Waals surface area contributed by atoms with Crippen molar-refractivity contribution in [3.8, 4) is 0 Å². The maximum Gasteiger partial charge on any atom is 0.249 e. The van der Waals surface area contributed by atoms with Crippen molar-refractivity contribution in [1.29, 1.82) is 0 Å². The molecule has 0 aromatic carbocycles. The van der Waals surface area contributed by atoms with Gasteiger partial charge in [-0.25, -0.2) is 0 Å². The van der Waals surface area contributed by atoms with Crippen LogP contribution in [0, 0.1) is 5.92 Å². The topological polar surface area (TPSA) is 29.5 Å². The van der Waals surface area contributed by atoms with Crippen LogP contribution in [0.25, 0.3) is 0 Å². The molecule has 0 aromatic rings. The zero-order valence-corrected chi connectivity index (χ0v) is 14.3. The van der Waals surface area contributed by atoms with E-state index in [2.05, 4.69) is 39.9 Å². The molecule has 1 saturated heterocycles. The zero-order chi connectivity index (χ0) is 14.7. The van der Waals surface area contributed by atoms with E-state index in [-0.39, 0.29) is 11.0 Å². The van der Waals surface area contributed by atoms with Crippen molar-refractivity contribution in [2.45, 2.75) is 58.2 Å². The minimum atomic E-state index is -1.67. The van der Waals surface area contributed by atoms with Gasteiger partial charge in [0.1, 0.15) is 0 Å². The summed E-state index contributed by atoms with van der Waals surface area (Å²) >= 11 is 0. The standard InChI is InChI=1S/C15H29NO2Si/c1-15(2,3)19(5,6)18-12-8-7-9-13-10-11-16(4)14(13)17/h8,12-13H,7,9-11H2,1-6H3/b12-8-. The van der Waals surface area contributed by atoms with E-state index in [0.29, 0.717) is 5.91 Å². The van der Waals surface area contributed by atoms with Crippen molar-refractivity contribution < 1.29 is 9.22 Å². The van der Waals surface area contributed by atoms with Gasteiger partial charge in [-0.3, -0.25) is 4.79 Å². The Hall–Kier alpha value is -0.773. The largest absolute Gasteiger partial charge is 0.549 e. The maximum atomic E-state index is 11.7. The molecule has 0 radical (unpaired) electrons. The van der Waals surface area contributed by atoms with Crippen LogP contribution in [0.1, 0.15) is 40.0 Å². The van der Waals surface area contributed by atoms with Crippen LogP contribution in [0.4, 0.5) is 0 Å². The Bertz CT molecular complexity index is 345. The lowest BCUT2D eigenvalue weighted by Gasteiger charge is -2.34. The first-order chi connectivity index (χ1) is 8.65. The molecule has 0 N–H and O–H groups in total. The normalized spacial score (nSPS) is 21.5. The van der Waals surface area contributed by atoms with E-state index in [0.717, 1.165) is 25.8 Å². The molecule has 1 atom stereocenters. The second kappa shape index (κ2) is 6.12. The van der Waals surface area contributed by atoms with Gasteiger partial charge in [0.25, 0.3) is 0 Å². The van der Waals surface area contributed by atoms with Crippen LogP contribution in [0.3, 0.4) is 0 Å². The van der Waals surface area contributed by atoms with Crippen LogP contribution in [-0.4, -0.2) is 32.7 Å². The quantitative estimate of drug-likeness (QED) is 0.567. The number of allylic oxidation sites excluding steroid dienone is 1. The molecular formula is C15H29NO2Si. The third-order valence-electron chi connectivity index (χ3n) is 4.49. The maximum absolute atomic E-state index is 11.7. The monoisotopic (exact) mass is 283 g/mol. The summed E-state index contributed by atoms with van der Waals surface area (Å²) in [5, 5.41) is 0.238. The highest BCUT2D eigenvalue weighted by Crippen LogP contribution is 2.36. The SMILES string of the molecule is CN1CCC(CC/C=C\O[Si](C)(C)C(C)(C)C)C1=O. The highest BCUT2D eigenvalue weighted by Gasteiger charge is 2.37. The summed E-state index contributed by atoms with van der Waals surface area (Å²) in [4.78, 5) is 13.6. The summed E-state index contributed by atoms with van der Waals surface area (Å²) in [6.07, 6.45) is 6.82. The summed E-state index contributed by atoms with van der Waals surface area (Å²) in [7, 11) is 0.215. The van der Waals surface area contributed by atoms with Gasteiger partial charge in [-0.2, -0.15) is 0 Å². The van der Waals surface area contributed by atoms with Crippen LogP contribution in [-0.2, 0) is 9.22 Å². The number of rotatable bonds is 5. The van der Waals surface area contributed by atoms with Crippen molar-refractivity contribution in [2.24, 2.45) is 5.92 Å². The van der Waals surface area contributed by atoms with Gasteiger partial charge in [0.2, 0.25) is 14.2 Å². The summed E-state index contributed by atoms with van der Waals surface area (Å²) in [5.74, 6) is 0.529. The fourth-order valence-corrected chi connectivity index (χ4v) is 2.71. The Labute approximate surface area is 119 Å². The van der Waals surface area contributed by atoms with E-state index in [1.807, 2.05) is 18.2 Å². The lowest BCUT2D eigenvalue weighted by molar-refractivity contribution is -0.129. The number of carbonyl (C=O) groups excluding carboxylic acids is 1. The van der Waals surface area contributed by atoms with Crippen LogP contribution >= 0.6 is 0 Å². The van der Waals surface area contributed by atoms with Gasteiger partial charge in [-0.15, -0.1) is 0 Å². The van der Waals surface area contributed by atoms with Crippen LogP contribution in [0.15, 0.2) is 12.3 Å². The van der Waals surface area contributed by atoms with Crippen molar-refractivity contribution in [3.63, 3.8) is 0 Å². The van der Waals surface area contributed by atoms with Crippen molar-refractivity contribution in [1.82, 2.24) is 4.90 Å². The number of carbonyl (C=O) groups is 1. The van der Waals surface area contributed by atoms with Crippen molar-refractivity contribution >= 4 is 14.2 Å². The zero-order valence-electron chi connectivity index (χ0n) is 13.3. The molecule has 1 rings (SSSR count). The molecule has 1 unspecified atom stereocenters. The summed E-state index contributed by atoms with van der Waals surface area (Å²) in [6, 6.07) is 0. The molecule has 110 valence electrons. The number of nitrogens with zero attached hydrogens (tertiary/aromatic N) is 1. The molecule has 0 aromatic heterocycles. The molecule has 19 heavy (non-hydrogen) atoms. The molecule has 1 amide bonds. The molecule has 0 aliphatic carbocycles. The predicted octanol–water partition coefficient (Wildman–Crippen LogP) is 3.78. The van der Waals surface area contributed by atoms with E-state index in [9.17, 15) is 4.79 Å². The Morgan fingerprint density at radius 1 is 1.42 bits per heavy atom. The highest BCUT2D eigenvalue weighted by atomic mass is 28.4. The van der Waals surface area contributed by atoms with Crippen molar-refractivity contribution in [3.05, 3.63) is 12.3 Å². The third kappa shape index (κ3) is 4.37. The number of likely N-dealkylation sites (tertiary alicyclic amines) is 1. The van der Waals surface area contributed by atoms with Crippen LogP contribution in [0.2, 0.25) is 18.1 Å². The molecule has 4 heteroatoms. The Morgan fingerprint density at radius 3 is 2.53 bits per heavy atom. The summed E-state index contributed by atoms with van der Waals surface area (Å²) in [6.45, 7) is 12.1. The first kappa shape index (κ1) is 16.3. The Kier molecular flexibility index (Phi) is 5.24. The van der Waals surface area contributed by atoms with E-state index < -0.39 is 8.32 Å². The van der Waals surface area contributed by atoms with Crippen molar-refractivity contribution in [2.75, 3.05) is 13.6 Å². The smallest absolute Gasteiger partial charge is 0.249 e. The molecule has 0 bridgehead atoms. The van der Waals surface area contributed by atoms with Gasteiger partial charge < -0.3 is 9.33 Å². The van der Waals surface area contributed by atoms with E-state index in [1.165, 1.54) is 0 Å². The van der Waals surface area contributed by atoms with Gasteiger partial charge in [0.05, 0.1) is 6.26 Å². The van der Waals surface area contributed by atoms with E-state index in [4.69, 9.17) is 4.43 Å². The van der Waals surface area contributed by atoms with Gasteiger partial charge in [-0.05, 0) is 37.4 Å². The lowest BCUT2D eigenvalue weighted by atomic mass is 10.0. The van der Waals surface area contributed by atoms with Gasteiger partial charge >= 0.3 is 0 Å². The second-order valence-electron chi connectivity index (χ2n) is 7.07. The van der Waals surface area contributed by atoms with E-state index >= 15 is 0 Å². The minimum absolute atomic E-state index is 0.225. The molecule has 1 aliphatic heterocycles. The molecule has 0 spiro atoms. The van der Waals surface area contributed by atoms with Gasteiger partial charge in [-0.1, -0.05) is 26.8 Å². The second-order valence-corrected chi connectivity index (χ2v) is 11.8. The molecule has 1 heterocycles. The predicted molar refractivity (Wildman–Crippen MR) is 82.4 cm³/mol. The molecule has 1 fully saturated rings. The molecule has 1 aliphatic rings.